The van der Waals surface area contributed by atoms with Gasteiger partial charge in [0.2, 0.25) is 0 Å². The Morgan fingerprint density at radius 1 is 1.50 bits per heavy atom. The highest BCUT2D eigenvalue weighted by Gasteiger charge is 2.63. The van der Waals surface area contributed by atoms with Crippen molar-refractivity contribution in [3.63, 3.8) is 0 Å². The molecule has 0 radical (unpaired) electrons. The predicted molar refractivity (Wildman–Crippen MR) is 75.1 cm³/mol. The standard InChI is InChI=1S/C15H19BrO2/c1-9-6-13-11(7-12(9)16)14(3)5-4-10(2)15(14,8-17)18-13/h6-7,10,17H,4-5,8H2,1-3H3/t10-,14+,15+/m1/s1. The van der Waals surface area contributed by atoms with Gasteiger partial charge in [0.25, 0.3) is 0 Å². The third kappa shape index (κ3) is 1.27. The van der Waals surface area contributed by atoms with Crippen molar-refractivity contribution >= 4 is 15.9 Å². The van der Waals surface area contributed by atoms with E-state index in [0.29, 0.717) is 5.92 Å². The van der Waals surface area contributed by atoms with Gasteiger partial charge in [-0.05, 0) is 43.4 Å². The topological polar surface area (TPSA) is 29.5 Å². The largest absolute Gasteiger partial charge is 0.483 e. The second-order valence-corrected chi connectivity index (χ2v) is 6.87. The Kier molecular flexibility index (Phi) is 2.59. The molecule has 0 spiro atoms. The van der Waals surface area contributed by atoms with Crippen molar-refractivity contribution in [2.45, 2.75) is 44.6 Å². The van der Waals surface area contributed by atoms with Gasteiger partial charge < -0.3 is 9.84 Å². The lowest BCUT2D eigenvalue weighted by atomic mass is 9.71. The zero-order chi connectivity index (χ0) is 13.1. The number of hydrogen-bond donors (Lipinski definition) is 1. The molecule has 0 aromatic heterocycles. The third-order valence-corrected chi connectivity index (χ3v) is 6.04. The van der Waals surface area contributed by atoms with E-state index in [2.05, 4.69) is 48.8 Å². The highest BCUT2D eigenvalue weighted by atomic mass is 79.9. The highest BCUT2D eigenvalue weighted by Crippen LogP contribution is 2.60. The summed E-state index contributed by atoms with van der Waals surface area (Å²) in [6, 6.07) is 4.27. The minimum absolute atomic E-state index is 0.0628. The average molecular weight is 311 g/mol. The minimum Gasteiger partial charge on any atom is -0.483 e. The molecule has 0 bridgehead atoms. The van der Waals surface area contributed by atoms with Crippen molar-refractivity contribution in [1.82, 2.24) is 0 Å². The van der Waals surface area contributed by atoms with Crippen LogP contribution >= 0.6 is 15.9 Å². The quantitative estimate of drug-likeness (QED) is 0.859. The van der Waals surface area contributed by atoms with Crippen LogP contribution in [0.2, 0.25) is 0 Å². The summed E-state index contributed by atoms with van der Waals surface area (Å²) in [6.45, 7) is 6.59. The summed E-state index contributed by atoms with van der Waals surface area (Å²) in [5.41, 5.74) is 1.94. The van der Waals surface area contributed by atoms with E-state index in [0.717, 1.165) is 23.1 Å². The summed E-state index contributed by atoms with van der Waals surface area (Å²) in [7, 11) is 0. The molecule has 3 rings (SSSR count). The monoisotopic (exact) mass is 310 g/mol. The number of hydrogen-bond acceptors (Lipinski definition) is 2. The molecule has 0 saturated heterocycles. The summed E-state index contributed by atoms with van der Waals surface area (Å²) in [5.74, 6) is 1.35. The van der Waals surface area contributed by atoms with Gasteiger partial charge in [-0.25, -0.2) is 0 Å². The summed E-state index contributed by atoms with van der Waals surface area (Å²) in [5, 5.41) is 9.94. The maximum atomic E-state index is 9.94. The Morgan fingerprint density at radius 3 is 2.89 bits per heavy atom. The van der Waals surface area contributed by atoms with Crippen molar-refractivity contribution in [3.05, 3.63) is 27.7 Å². The van der Waals surface area contributed by atoms with Crippen molar-refractivity contribution < 1.29 is 9.84 Å². The first-order valence-corrected chi connectivity index (χ1v) is 7.34. The van der Waals surface area contributed by atoms with Crippen molar-refractivity contribution in [3.8, 4) is 5.75 Å². The maximum absolute atomic E-state index is 9.94. The van der Waals surface area contributed by atoms with Gasteiger partial charge in [0.05, 0.1) is 6.61 Å². The van der Waals surface area contributed by atoms with Gasteiger partial charge in [-0.2, -0.15) is 0 Å². The highest BCUT2D eigenvalue weighted by molar-refractivity contribution is 9.10. The lowest BCUT2D eigenvalue weighted by Gasteiger charge is -2.38. The van der Waals surface area contributed by atoms with E-state index in [1.165, 1.54) is 11.1 Å². The lowest BCUT2D eigenvalue weighted by Crippen LogP contribution is -2.52. The average Bonchev–Trinajstić information content (AvgIpc) is 2.72. The fourth-order valence-corrected chi connectivity index (χ4v) is 4.14. The summed E-state index contributed by atoms with van der Waals surface area (Å²) in [4.78, 5) is 0. The van der Waals surface area contributed by atoms with Crippen molar-refractivity contribution in [2.75, 3.05) is 6.61 Å². The molecule has 18 heavy (non-hydrogen) atoms. The van der Waals surface area contributed by atoms with Crippen LogP contribution in [-0.2, 0) is 5.41 Å². The first-order valence-electron chi connectivity index (χ1n) is 6.55. The van der Waals surface area contributed by atoms with Gasteiger partial charge in [0, 0.05) is 15.5 Å². The molecule has 2 aliphatic rings. The second kappa shape index (κ2) is 3.73. The lowest BCUT2D eigenvalue weighted by molar-refractivity contribution is -0.0376. The van der Waals surface area contributed by atoms with Crippen LogP contribution in [0, 0.1) is 12.8 Å². The Morgan fingerprint density at radius 2 is 2.22 bits per heavy atom. The van der Waals surface area contributed by atoms with E-state index in [9.17, 15) is 5.11 Å². The molecular formula is C15H19BrO2. The van der Waals surface area contributed by atoms with E-state index in [1.54, 1.807) is 0 Å². The molecule has 1 aliphatic heterocycles. The molecule has 0 unspecified atom stereocenters. The van der Waals surface area contributed by atoms with Crippen LogP contribution in [0.5, 0.6) is 5.75 Å². The number of rotatable bonds is 1. The molecule has 98 valence electrons. The SMILES string of the molecule is Cc1cc2c(cc1Br)[C@]1(C)CC[C@@H](C)[C@]1(CO)O2. The smallest absolute Gasteiger partial charge is 0.144 e. The molecule has 3 heteroatoms. The zero-order valence-corrected chi connectivity index (χ0v) is 12.7. The van der Waals surface area contributed by atoms with E-state index < -0.39 is 5.60 Å². The van der Waals surface area contributed by atoms with Crippen LogP contribution in [0.15, 0.2) is 16.6 Å². The van der Waals surface area contributed by atoms with Gasteiger partial charge in [-0.1, -0.05) is 29.8 Å². The van der Waals surface area contributed by atoms with E-state index in [1.807, 2.05) is 0 Å². The predicted octanol–water partition coefficient (Wildman–Crippen LogP) is 3.57. The van der Waals surface area contributed by atoms with Gasteiger partial charge in [-0.3, -0.25) is 0 Å². The molecule has 1 heterocycles. The Bertz CT molecular complexity index is 513. The fourth-order valence-electron chi connectivity index (χ4n) is 3.80. The fraction of sp³-hybridized carbons (Fsp3) is 0.600. The number of benzene rings is 1. The number of aliphatic hydroxyl groups is 1. The Balaban J connectivity index is 2.22. The molecule has 1 saturated carbocycles. The number of fused-ring (bicyclic) bond motifs is 3. The van der Waals surface area contributed by atoms with Crippen LogP contribution in [0.3, 0.4) is 0 Å². The number of ether oxygens (including phenoxy) is 1. The first-order chi connectivity index (χ1) is 8.44. The van der Waals surface area contributed by atoms with Crippen molar-refractivity contribution in [2.24, 2.45) is 5.92 Å². The summed E-state index contributed by atoms with van der Waals surface area (Å²) < 4.78 is 7.37. The zero-order valence-electron chi connectivity index (χ0n) is 11.1. The van der Waals surface area contributed by atoms with Gasteiger partial charge in [0.1, 0.15) is 11.4 Å². The molecule has 1 aromatic rings. The molecule has 3 atom stereocenters. The second-order valence-electron chi connectivity index (χ2n) is 6.02. The van der Waals surface area contributed by atoms with Crippen LogP contribution in [0.1, 0.15) is 37.8 Å². The van der Waals surface area contributed by atoms with Gasteiger partial charge in [-0.15, -0.1) is 0 Å². The molecule has 1 aliphatic carbocycles. The summed E-state index contributed by atoms with van der Waals surface area (Å²) >= 11 is 3.61. The van der Waals surface area contributed by atoms with Crippen LogP contribution in [0.4, 0.5) is 0 Å². The molecule has 1 aromatic carbocycles. The number of aliphatic hydroxyl groups excluding tert-OH is 1. The van der Waals surface area contributed by atoms with Crippen LogP contribution < -0.4 is 4.74 Å². The molecular weight excluding hydrogens is 292 g/mol. The van der Waals surface area contributed by atoms with Gasteiger partial charge in [0.15, 0.2) is 0 Å². The van der Waals surface area contributed by atoms with Gasteiger partial charge >= 0.3 is 0 Å². The van der Waals surface area contributed by atoms with Crippen molar-refractivity contribution in [1.29, 1.82) is 0 Å². The van der Waals surface area contributed by atoms with Crippen LogP contribution in [-0.4, -0.2) is 17.3 Å². The summed E-state index contributed by atoms with van der Waals surface area (Å²) in [6.07, 6.45) is 2.19. The normalized spacial score (nSPS) is 37.3. The number of aryl methyl sites for hydroxylation is 1. The molecule has 2 nitrogen and oxygen atoms in total. The Hall–Kier alpha value is -0.540. The molecule has 1 fully saturated rings. The minimum atomic E-state index is -0.428. The first kappa shape index (κ1) is 12.5. The molecule has 0 amide bonds. The maximum Gasteiger partial charge on any atom is 0.144 e. The van der Waals surface area contributed by atoms with E-state index in [4.69, 9.17) is 4.74 Å². The number of halogens is 1. The van der Waals surface area contributed by atoms with Crippen LogP contribution in [0.25, 0.3) is 0 Å². The molecule has 1 N–H and O–H groups in total. The third-order valence-electron chi connectivity index (χ3n) is 5.19. The van der Waals surface area contributed by atoms with E-state index in [-0.39, 0.29) is 12.0 Å². The Labute approximate surface area is 116 Å². The van der Waals surface area contributed by atoms with E-state index >= 15 is 0 Å².